The second-order valence-electron chi connectivity index (χ2n) is 7.15. The monoisotopic (exact) mass is 391 g/mol. The fraction of sp³-hybridized carbons (Fsp3) is 0.611. The number of amides is 1. The van der Waals surface area contributed by atoms with Crippen molar-refractivity contribution in [3.05, 3.63) is 35.6 Å². The number of nitrogens with zero attached hydrogens (tertiary/aromatic N) is 1. The van der Waals surface area contributed by atoms with Crippen LogP contribution in [0.3, 0.4) is 0 Å². The van der Waals surface area contributed by atoms with E-state index in [1.165, 1.54) is 6.07 Å². The summed E-state index contributed by atoms with van der Waals surface area (Å²) in [7, 11) is 3.90. The Kier molecular flexibility index (Phi) is 8.13. The van der Waals surface area contributed by atoms with Crippen LogP contribution in [0.4, 0.5) is 4.39 Å². The maximum Gasteiger partial charge on any atom is 0.223 e. The number of piperidine rings is 1. The lowest BCUT2D eigenvalue weighted by Gasteiger charge is -2.26. The summed E-state index contributed by atoms with van der Waals surface area (Å²) in [6.07, 6.45) is 3.23. The van der Waals surface area contributed by atoms with Gasteiger partial charge in [0.05, 0.1) is 6.04 Å². The molecule has 1 saturated carbocycles. The summed E-state index contributed by atoms with van der Waals surface area (Å²) in [5.74, 6) is 0.0894. The van der Waals surface area contributed by atoms with Crippen molar-refractivity contribution < 1.29 is 9.18 Å². The van der Waals surface area contributed by atoms with Crippen molar-refractivity contribution in [2.24, 2.45) is 11.3 Å². The Balaban J connectivity index is 0.00000156. The molecule has 1 aliphatic carbocycles. The minimum atomic E-state index is -0.239. The number of likely N-dealkylation sites (N-methyl/N-ethyl adjacent to an activating group) is 1. The van der Waals surface area contributed by atoms with Gasteiger partial charge in [0.1, 0.15) is 5.82 Å². The fourth-order valence-electron chi connectivity index (χ4n) is 3.83. The van der Waals surface area contributed by atoms with Crippen LogP contribution in [0.25, 0.3) is 0 Å². The lowest BCUT2D eigenvalue weighted by molar-refractivity contribution is -0.123. The molecule has 1 amide bonds. The Morgan fingerprint density at radius 2 is 2.04 bits per heavy atom. The summed E-state index contributed by atoms with van der Waals surface area (Å²) in [4.78, 5) is 14.5. The Labute approximate surface area is 161 Å². The molecule has 2 fully saturated rings. The van der Waals surface area contributed by atoms with E-state index in [1.54, 1.807) is 12.1 Å². The molecular formula is C18H28Cl2FN3O. The SMILES string of the molecule is CN(C)C(CNC(=O)C1CC12CCNCC2)c1cccc(F)c1.Cl.Cl. The zero-order valence-corrected chi connectivity index (χ0v) is 16.4. The number of rotatable bonds is 5. The van der Waals surface area contributed by atoms with E-state index < -0.39 is 0 Å². The third-order valence-electron chi connectivity index (χ3n) is 5.43. The van der Waals surface area contributed by atoms with E-state index >= 15 is 0 Å². The molecule has 1 aliphatic heterocycles. The lowest BCUT2D eigenvalue weighted by Crippen LogP contribution is -2.37. The van der Waals surface area contributed by atoms with Gasteiger partial charge < -0.3 is 15.5 Å². The molecule has 4 nitrogen and oxygen atoms in total. The van der Waals surface area contributed by atoms with E-state index in [0.29, 0.717) is 6.54 Å². The standard InChI is InChI=1S/C18H26FN3O.2ClH/c1-22(2)16(13-4-3-5-14(19)10-13)12-21-17(23)15-11-18(15)6-8-20-9-7-18;;/h3-5,10,15-16,20H,6-9,11-12H2,1-2H3,(H,21,23);2*1H. The topological polar surface area (TPSA) is 44.4 Å². The fourth-order valence-corrected chi connectivity index (χ4v) is 3.83. The third-order valence-corrected chi connectivity index (χ3v) is 5.43. The van der Waals surface area contributed by atoms with Gasteiger partial charge in [0.2, 0.25) is 5.91 Å². The van der Waals surface area contributed by atoms with Crippen molar-refractivity contribution in [3.63, 3.8) is 0 Å². The van der Waals surface area contributed by atoms with Gasteiger partial charge in [-0.15, -0.1) is 24.8 Å². The van der Waals surface area contributed by atoms with Crippen molar-refractivity contribution in [3.8, 4) is 0 Å². The molecule has 2 unspecified atom stereocenters. The highest BCUT2D eigenvalue weighted by atomic mass is 35.5. The van der Waals surface area contributed by atoms with Crippen LogP contribution >= 0.6 is 24.8 Å². The molecular weight excluding hydrogens is 364 g/mol. The van der Waals surface area contributed by atoms with E-state index in [9.17, 15) is 9.18 Å². The number of hydrogen-bond acceptors (Lipinski definition) is 3. The molecule has 2 N–H and O–H groups in total. The molecule has 1 aromatic rings. The predicted octanol–water partition coefficient (Wildman–Crippen LogP) is 2.78. The molecule has 0 radical (unpaired) electrons. The molecule has 0 bridgehead atoms. The zero-order valence-electron chi connectivity index (χ0n) is 14.8. The summed E-state index contributed by atoms with van der Waals surface area (Å²) in [6.45, 7) is 2.56. The zero-order chi connectivity index (χ0) is 16.4. The van der Waals surface area contributed by atoms with Crippen LogP contribution < -0.4 is 10.6 Å². The van der Waals surface area contributed by atoms with Gasteiger partial charge >= 0.3 is 0 Å². The van der Waals surface area contributed by atoms with Gasteiger partial charge in [-0.25, -0.2) is 4.39 Å². The molecule has 1 spiro atoms. The van der Waals surface area contributed by atoms with Crippen molar-refractivity contribution in [2.75, 3.05) is 33.7 Å². The highest BCUT2D eigenvalue weighted by Crippen LogP contribution is 2.58. The summed E-state index contributed by atoms with van der Waals surface area (Å²) in [6, 6.07) is 6.60. The Bertz CT molecular complexity index is 579. The number of carbonyl (C=O) groups excluding carboxylic acids is 1. The van der Waals surface area contributed by atoms with Crippen LogP contribution in [0, 0.1) is 17.2 Å². The van der Waals surface area contributed by atoms with Crippen LogP contribution in [-0.4, -0.2) is 44.5 Å². The van der Waals surface area contributed by atoms with Gasteiger partial charge in [0.25, 0.3) is 0 Å². The number of carbonyl (C=O) groups is 1. The lowest BCUT2D eigenvalue weighted by atomic mass is 9.91. The molecule has 25 heavy (non-hydrogen) atoms. The number of benzene rings is 1. The largest absolute Gasteiger partial charge is 0.354 e. The van der Waals surface area contributed by atoms with Crippen molar-refractivity contribution in [1.29, 1.82) is 0 Å². The Hall–Kier alpha value is -0.880. The van der Waals surface area contributed by atoms with Crippen LogP contribution in [0.15, 0.2) is 24.3 Å². The van der Waals surface area contributed by atoms with E-state index in [4.69, 9.17) is 0 Å². The molecule has 1 aromatic carbocycles. The highest BCUT2D eigenvalue weighted by molar-refractivity contribution is 5.85. The van der Waals surface area contributed by atoms with E-state index in [-0.39, 0.29) is 53.9 Å². The van der Waals surface area contributed by atoms with Crippen LogP contribution in [-0.2, 0) is 4.79 Å². The minimum Gasteiger partial charge on any atom is -0.354 e. The van der Waals surface area contributed by atoms with Gasteiger partial charge in [-0.2, -0.15) is 0 Å². The maximum absolute atomic E-state index is 13.5. The van der Waals surface area contributed by atoms with Gasteiger partial charge in [-0.1, -0.05) is 12.1 Å². The van der Waals surface area contributed by atoms with Crippen molar-refractivity contribution in [1.82, 2.24) is 15.5 Å². The summed E-state index contributed by atoms with van der Waals surface area (Å²) in [5, 5.41) is 6.45. The number of halogens is 3. The highest BCUT2D eigenvalue weighted by Gasteiger charge is 2.57. The van der Waals surface area contributed by atoms with E-state index in [2.05, 4.69) is 10.6 Å². The average Bonchev–Trinajstić information content (AvgIpc) is 3.21. The molecule has 2 aliphatic rings. The Morgan fingerprint density at radius 3 is 2.64 bits per heavy atom. The first-order chi connectivity index (χ1) is 11.0. The average molecular weight is 392 g/mol. The van der Waals surface area contributed by atoms with Crippen molar-refractivity contribution >= 4 is 30.7 Å². The molecule has 1 saturated heterocycles. The maximum atomic E-state index is 13.5. The summed E-state index contributed by atoms with van der Waals surface area (Å²) < 4.78 is 13.5. The van der Waals surface area contributed by atoms with E-state index in [1.807, 2.05) is 25.1 Å². The normalized spacial score (nSPS) is 21.8. The van der Waals surface area contributed by atoms with Gasteiger partial charge in [0, 0.05) is 12.5 Å². The summed E-state index contributed by atoms with van der Waals surface area (Å²) in [5.41, 5.74) is 1.14. The summed E-state index contributed by atoms with van der Waals surface area (Å²) >= 11 is 0. The first kappa shape index (κ1) is 22.2. The van der Waals surface area contributed by atoms with Gasteiger partial charge in [-0.05, 0) is 69.6 Å². The molecule has 0 aromatic heterocycles. The van der Waals surface area contributed by atoms with Crippen LogP contribution in [0.1, 0.15) is 30.9 Å². The first-order valence-corrected chi connectivity index (χ1v) is 8.42. The first-order valence-electron chi connectivity index (χ1n) is 8.42. The minimum absolute atomic E-state index is 0. The second kappa shape index (κ2) is 9.17. The molecule has 142 valence electrons. The third kappa shape index (κ3) is 5.07. The van der Waals surface area contributed by atoms with Gasteiger partial charge in [-0.3, -0.25) is 4.79 Å². The smallest absolute Gasteiger partial charge is 0.223 e. The molecule has 7 heteroatoms. The molecule has 3 rings (SSSR count). The van der Waals surface area contributed by atoms with Gasteiger partial charge in [0.15, 0.2) is 0 Å². The predicted molar refractivity (Wildman–Crippen MR) is 103 cm³/mol. The Morgan fingerprint density at radius 1 is 1.36 bits per heavy atom. The van der Waals surface area contributed by atoms with E-state index in [0.717, 1.165) is 37.9 Å². The molecule has 1 heterocycles. The quantitative estimate of drug-likeness (QED) is 0.810. The van der Waals surface area contributed by atoms with Crippen LogP contribution in [0.5, 0.6) is 0 Å². The molecule has 2 atom stereocenters. The number of nitrogens with one attached hydrogen (secondary N) is 2. The number of hydrogen-bond donors (Lipinski definition) is 2. The van der Waals surface area contributed by atoms with Crippen LogP contribution in [0.2, 0.25) is 0 Å². The van der Waals surface area contributed by atoms with Crippen molar-refractivity contribution in [2.45, 2.75) is 25.3 Å². The second-order valence-corrected chi connectivity index (χ2v) is 7.15.